The number of hydrogen-bond donors (Lipinski definition) is 2. The SMILES string of the molecule is NN=NC(=S)NC1=CC=CCC=C1. The van der Waals surface area contributed by atoms with Crippen molar-refractivity contribution in [2.45, 2.75) is 6.42 Å². The first-order valence-electron chi connectivity index (χ1n) is 3.78. The molecule has 0 unspecified atom stereocenters. The van der Waals surface area contributed by atoms with Gasteiger partial charge in [-0.1, -0.05) is 23.5 Å². The molecule has 0 fully saturated rings. The molecule has 0 heterocycles. The summed E-state index contributed by atoms with van der Waals surface area (Å²) in [6, 6.07) is 0. The first kappa shape index (κ1) is 9.60. The van der Waals surface area contributed by atoms with Gasteiger partial charge < -0.3 is 11.2 Å². The Morgan fingerprint density at radius 2 is 2.38 bits per heavy atom. The predicted octanol–water partition coefficient (Wildman–Crippen LogP) is 1.59. The number of hydrogen-bond acceptors (Lipinski definition) is 2. The molecule has 1 rings (SSSR count). The van der Waals surface area contributed by atoms with Crippen LogP contribution in [-0.2, 0) is 0 Å². The molecule has 0 saturated heterocycles. The average Bonchev–Trinajstić information content (AvgIpc) is 2.33. The molecule has 0 bridgehead atoms. The lowest BCUT2D eigenvalue weighted by molar-refractivity contribution is 1.05. The van der Waals surface area contributed by atoms with Crippen LogP contribution < -0.4 is 11.2 Å². The Bertz CT molecular complexity index is 301. The molecule has 5 heteroatoms. The second-order valence-corrected chi connectivity index (χ2v) is 2.72. The molecule has 1 aliphatic carbocycles. The molecule has 0 spiro atoms. The summed E-state index contributed by atoms with van der Waals surface area (Å²) >= 11 is 4.83. The normalized spacial score (nSPS) is 15.5. The van der Waals surface area contributed by atoms with Crippen LogP contribution >= 0.6 is 12.2 Å². The Morgan fingerprint density at radius 3 is 3.15 bits per heavy atom. The lowest BCUT2D eigenvalue weighted by atomic mass is 10.3. The van der Waals surface area contributed by atoms with Crippen LogP contribution in [0.15, 0.2) is 46.4 Å². The third-order valence-electron chi connectivity index (χ3n) is 1.38. The largest absolute Gasteiger partial charge is 0.329 e. The molecule has 0 saturated carbocycles. The third kappa shape index (κ3) is 3.62. The Balaban J connectivity index is 2.57. The van der Waals surface area contributed by atoms with Crippen LogP contribution in [0.4, 0.5) is 0 Å². The molecular formula is C8H10N4S. The first-order chi connectivity index (χ1) is 6.33. The van der Waals surface area contributed by atoms with Gasteiger partial charge in [0, 0.05) is 5.70 Å². The summed E-state index contributed by atoms with van der Waals surface area (Å²) in [5, 5.41) is 9.68. The second kappa shape index (κ2) is 5.21. The second-order valence-electron chi connectivity index (χ2n) is 2.33. The standard InChI is InChI=1S/C8H10N4S/c9-12-11-8(13)10-7-5-3-1-2-4-6-7/h1,3-6H,2H2,(H3,9,10,11,13). The summed E-state index contributed by atoms with van der Waals surface area (Å²) in [6.45, 7) is 0. The van der Waals surface area contributed by atoms with E-state index < -0.39 is 0 Å². The van der Waals surface area contributed by atoms with E-state index in [1.165, 1.54) is 0 Å². The van der Waals surface area contributed by atoms with Crippen molar-refractivity contribution >= 4 is 17.3 Å². The lowest BCUT2D eigenvalue weighted by Gasteiger charge is -2.01. The molecule has 0 amide bonds. The number of nitrogens with one attached hydrogen (secondary N) is 1. The van der Waals surface area contributed by atoms with Crippen molar-refractivity contribution in [1.82, 2.24) is 5.32 Å². The quantitative estimate of drug-likeness (QED) is 0.288. The van der Waals surface area contributed by atoms with E-state index in [2.05, 4.69) is 15.7 Å². The molecule has 0 aliphatic heterocycles. The summed E-state index contributed by atoms with van der Waals surface area (Å²) in [5.41, 5.74) is 0.881. The first-order valence-corrected chi connectivity index (χ1v) is 4.19. The fourth-order valence-electron chi connectivity index (χ4n) is 0.864. The smallest absolute Gasteiger partial charge is 0.220 e. The van der Waals surface area contributed by atoms with Crippen molar-refractivity contribution in [3.05, 3.63) is 36.1 Å². The molecular weight excluding hydrogens is 184 g/mol. The van der Waals surface area contributed by atoms with E-state index in [-0.39, 0.29) is 5.11 Å². The van der Waals surface area contributed by atoms with Crippen LogP contribution in [0.3, 0.4) is 0 Å². The van der Waals surface area contributed by atoms with Crippen LogP contribution in [0.1, 0.15) is 6.42 Å². The molecule has 68 valence electrons. The summed E-state index contributed by atoms with van der Waals surface area (Å²) < 4.78 is 0. The van der Waals surface area contributed by atoms with Crippen molar-refractivity contribution in [3.8, 4) is 0 Å². The van der Waals surface area contributed by atoms with Gasteiger partial charge in [0.05, 0.1) is 0 Å². The fraction of sp³-hybridized carbons (Fsp3) is 0.125. The number of nitrogens with two attached hydrogens (primary N) is 1. The fourth-order valence-corrected chi connectivity index (χ4v) is 1.03. The van der Waals surface area contributed by atoms with Crippen LogP contribution in [0, 0.1) is 0 Å². The van der Waals surface area contributed by atoms with Crippen LogP contribution in [0.2, 0.25) is 0 Å². The van der Waals surface area contributed by atoms with Crippen molar-refractivity contribution in [2.75, 3.05) is 0 Å². The highest BCUT2D eigenvalue weighted by Crippen LogP contribution is 2.01. The van der Waals surface area contributed by atoms with Crippen LogP contribution in [-0.4, -0.2) is 5.11 Å². The molecule has 4 nitrogen and oxygen atoms in total. The van der Waals surface area contributed by atoms with Gasteiger partial charge in [-0.3, -0.25) is 0 Å². The highest BCUT2D eigenvalue weighted by molar-refractivity contribution is 7.80. The Morgan fingerprint density at radius 1 is 1.54 bits per heavy atom. The molecule has 0 aromatic carbocycles. The molecule has 0 aromatic heterocycles. The minimum atomic E-state index is 0.258. The molecule has 0 radical (unpaired) electrons. The van der Waals surface area contributed by atoms with Gasteiger partial charge in [0.15, 0.2) is 0 Å². The molecule has 1 aliphatic rings. The van der Waals surface area contributed by atoms with Crippen LogP contribution in [0.5, 0.6) is 0 Å². The maximum absolute atomic E-state index is 4.84. The van der Waals surface area contributed by atoms with Crippen molar-refractivity contribution < 1.29 is 0 Å². The van der Waals surface area contributed by atoms with E-state index >= 15 is 0 Å². The van der Waals surface area contributed by atoms with E-state index in [0.29, 0.717) is 0 Å². The Hall–Kier alpha value is -1.49. The van der Waals surface area contributed by atoms with Crippen molar-refractivity contribution in [3.63, 3.8) is 0 Å². The number of thiocarbonyl (C=S) groups is 1. The minimum Gasteiger partial charge on any atom is -0.329 e. The van der Waals surface area contributed by atoms with Gasteiger partial charge in [-0.05, 0) is 30.8 Å². The van der Waals surface area contributed by atoms with E-state index in [1.807, 2.05) is 30.4 Å². The van der Waals surface area contributed by atoms with E-state index in [9.17, 15) is 0 Å². The number of nitrogens with zero attached hydrogens (tertiary/aromatic N) is 2. The molecule has 13 heavy (non-hydrogen) atoms. The lowest BCUT2D eigenvalue weighted by Crippen LogP contribution is -2.17. The van der Waals surface area contributed by atoms with Crippen molar-refractivity contribution in [1.29, 1.82) is 0 Å². The molecule has 3 N–H and O–H groups in total. The maximum atomic E-state index is 4.84. The minimum absolute atomic E-state index is 0.258. The average molecular weight is 194 g/mol. The van der Waals surface area contributed by atoms with Gasteiger partial charge in [-0.2, -0.15) is 0 Å². The predicted molar refractivity (Wildman–Crippen MR) is 55.8 cm³/mol. The summed E-state index contributed by atoms with van der Waals surface area (Å²) in [5.74, 6) is 4.84. The summed E-state index contributed by atoms with van der Waals surface area (Å²) in [7, 11) is 0. The summed E-state index contributed by atoms with van der Waals surface area (Å²) in [6.07, 6.45) is 10.8. The maximum Gasteiger partial charge on any atom is 0.220 e. The number of allylic oxidation sites excluding steroid dienone is 5. The third-order valence-corrected chi connectivity index (χ3v) is 1.56. The van der Waals surface area contributed by atoms with E-state index in [4.69, 9.17) is 18.1 Å². The highest BCUT2D eigenvalue weighted by atomic mass is 32.1. The van der Waals surface area contributed by atoms with Gasteiger partial charge in [0.1, 0.15) is 0 Å². The van der Waals surface area contributed by atoms with E-state index in [0.717, 1.165) is 12.1 Å². The monoisotopic (exact) mass is 194 g/mol. The highest BCUT2D eigenvalue weighted by Gasteiger charge is 1.95. The molecule has 0 atom stereocenters. The van der Waals surface area contributed by atoms with Gasteiger partial charge in [-0.25, -0.2) is 0 Å². The summed E-state index contributed by atoms with van der Waals surface area (Å²) in [4.78, 5) is 0. The van der Waals surface area contributed by atoms with Gasteiger partial charge >= 0.3 is 0 Å². The topological polar surface area (TPSA) is 62.8 Å². The molecule has 0 aromatic rings. The zero-order chi connectivity index (χ0) is 9.52. The van der Waals surface area contributed by atoms with Gasteiger partial charge in [0.2, 0.25) is 5.11 Å². The zero-order valence-electron chi connectivity index (χ0n) is 6.97. The van der Waals surface area contributed by atoms with Crippen molar-refractivity contribution in [2.24, 2.45) is 16.2 Å². The van der Waals surface area contributed by atoms with E-state index in [1.54, 1.807) is 0 Å². The number of rotatable bonds is 1. The van der Waals surface area contributed by atoms with Crippen LogP contribution in [0.25, 0.3) is 0 Å². The Kier molecular flexibility index (Phi) is 3.84. The Labute approximate surface area is 81.9 Å². The zero-order valence-corrected chi connectivity index (χ0v) is 7.79. The van der Waals surface area contributed by atoms with Gasteiger partial charge in [-0.15, -0.1) is 5.11 Å². The van der Waals surface area contributed by atoms with Gasteiger partial charge in [0.25, 0.3) is 0 Å².